The van der Waals surface area contributed by atoms with Crippen LogP contribution in [0, 0.1) is 17.0 Å². The summed E-state index contributed by atoms with van der Waals surface area (Å²) in [7, 11) is 1.60. The van der Waals surface area contributed by atoms with E-state index in [0.717, 1.165) is 11.3 Å². The number of nitrogens with zero attached hydrogens (tertiary/aromatic N) is 4. The van der Waals surface area contributed by atoms with E-state index in [1.165, 1.54) is 30.0 Å². The number of anilines is 1. The van der Waals surface area contributed by atoms with E-state index in [-0.39, 0.29) is 11.6 Å². The molecule has 1 heterocycles. The highest BCUT2D eigenvalue weighted by molar-refractivity contribution is 8.00. The number of aryl methyl sites for hydroxylation is 1. The number of benzene rings is 3. The Bertz CT molecular complexity index is 1370. The Morgan fingerprint density at radius 1 is 1.09 bits per heavy atom. The van der Waals surface area contributed by atoms with Crippen molar-refractivity contribution in [1.82, 2.24) is 14.8 Å². The molecule has 1 N–H and O–H groups in total. The maximum absolute atomic E-state index is 13.0. The molecule has 9 nitrogen and oxygen atoms in total. The van der Waals surface area contributed by atoms with E-state index in [4.69, 9.17) is 4.74 Å². The standard InChI is InChI=1S/C25H23N5O4S/c1-16-15-19(30(32)33)13-14-20(16)26-24(31)17(2)35-25-28-27-23(18-9-5-4-6-10-18)29(25)21-11-7-8-12-22(21)34-3/h4-15,17H,1-3H3,(H,26,31). The Kier molecular flexibility index (Phi) is 7.11. The largest absolute Gasteiger partial charge is 0.495 e. The highest BCUT2D eigenvalue weighted by atomic mass is 32.2. The van der Waals surface area contributed by atoms with Gasteiger partial charge in [0, 0.05) is 23.4 Å². The van der Waals surface area contributed by atoms with Gasteiger partial charge in [0.2, 0.25) is 5.91 Å². The van der Waals surface area contributed by atoms with Crippen molar-refractivity contribution < 1.29 is 14.5 Å². The Morgan fingerprint density at radius 3 is 2.49 bits per heavy atom. The monoisotopic (exact) mass is 489 g/mol. The van der Waals surface area contributed by atoms with Crippen molar-refractivity contribution >= 4 is 29.0 Å². The van der Waals surface area contributed by atoms with Crippen LogP contribution in [-0.4, -0.2) is 38.0 Å². The molecule has 3 aromatic carbocycles. The number of para-hydroxylation sites is 2. The maximum Gasteiger partial charge on any atom is 0.269 e. The molecule has 0 aliphatic rings. The number of methoxy groups -OCH3 is 1. The van der Waals surface area contributed by atoms with Gasteiger partial charge in [-0.3, -0.25) is 19.5 Å². The number of carbonyl (C=O) groups is 1. The number of ether oxygens (including phenoxy) is 1. The summed E-state index contributed by atoms with van der Waals surface area (Å²) in [6, 6.07) is 21.5. The minimum absolute atomic E-state index is 0.0266. The van der Waals surface area contributed by atoms with Gasteiger partial charge in [0.05, 0.1) is 23.0 Å². The lowest BCUT2D eigenvalue weighted by Crippen LogP contribution is -2.23. The Morgan fingerprint density at radius 2 is 1.80 bits per heavy atom. The summed E-state index contributed by atoms with van der Waals surface area (Å²) in [5.74, 6) is 1.00. The minimum Gasteiger partial charge on any atom is -0.495 e. The van der Waals surface area contributed by atoms with Gasteiger partial charge in [-0.25, -0.2) is 0 Å². The van der Waals surface area contributed by atoms with E-state index in [0.29, 0.717) is 28.0 Å². The summed E-state index contributed by atoms with van der Waals surface area (Å²) in [6.45, 7) is 3.48. The van der Waals surface area contributed by atoms with Crippen molar-refractivity contribution in [1.29, 1.82) is 0 Å². The van der Waals surface area contributed by atoms with Crippen LogP contribution in [0.2, 0.25) is 0 Å². The number of carbonyl (C=O) groups excluding carboxylic acids is 1. The number of aromatic nitrogens is 3. The highest BCUT2D eigenvalue weighted by Crippen LogP contribution is 2.34. The normalized spacial score (nSPS) is 11.6. The van der Waals surface area contributed by atoms with Crippen LogP contribution in [0.15, 0.2) is 78.0 Å². The van der Waals surface area contributed by atoms with E-state index in [2.05, 4.69) is 15.5 Å². The molecule has 178 valence electrons. The number of non-ortho nitro benzene ring substituents is 1. The average molecular weight is 490 g/mol. The van der Waals surface area contributed by atoms with E-state index in [1.54, 1.807) is 21.0 Å². The molecule has 4 rings (SSSR count). The first-order valence-corrected chi connectivity index (χ1v) is 11.6. The molecule has 0 fully saturated rings. The summed E-state index contributed by atoms with van der Waals surface area (Å²) >= 11 is 1.25. The Balaban J connectivity index is 1.64. The van der Waals surface area contributed by atoms with Crippen molar-refractivity contribution in [2.24, 2.45) is 0 Å². The molecule has 0 radical (unpaired) electrons. The number of thioether (sulfide) groups is 1. The first-order valence-electron chi connectivity index (χ1n) is 10.8. The second-order valence-corrected chi connectivity index (χ2v) is 8.99. The third kappa shape index (κ3) is 5.17. The summed E-state index contributed by atoms with van der Waals surface area (Å²) in [6.07, 6.45) is 0. The molecule has 0 bridgehead atoms. The summed E-state index contributed by atoms with van der Waals surface area (Å²) in [5.41, 5.74) is 2.72. The number of nitrogens with one attached hydrogen (secondary N) is 1. The maximum atomic E-state index is 13.0. The summed E-state index contributed by atoms with van der Waals surface area (Å²) < 4.78 is 7.45. The van der Waals surface area contributed by atoms with Crippen LogP contribution in [0.4, 0.5) is 11.4 Å². The predicted molar refractivity (Wildman–Crippen MR) is 135 cm³/mol. The molecule has 4 aromatic rings. The van der Waals surface area contributed by atoms with Gasteiger partial charge in [-0.2, -0.15) is 0 Å². The SMILES string of the molecule is COc1ccccc1-n1c(SC(C)C(=O)Nc2ccc([N+](=O)[O-])cc2C)nnc1-c1ccccc1. The number of nitro benzene ring substituents is 1. The molecule has 0 saturated carbocycles. The first kappa shape index (κ1) is 24.0. The van der Waals surface area contributed by atoms with E-state index in [1.807, 2.05) is 59.2 Å². The zero-order valence-electron chi connectivity index (χ0n) is 19.3. The van der Waals surface area contributed by atoms with Crippen LogP contribution >= 0.6 is 11.8 Å². The lowest BCUT2D eigenvalue weighted by atomic mass is 10.2. The van der Waals surface area contributed by atoms with Crippen molar-refractivity contribution in [2.45, 2.75) is 24.3 Å². The van der Waals surface area contributed by atoms with Crippen molar-refractivity contribution in [2.75, 3.05) is 12.4 Å². The molecule has 1 atom stereocenters. The zero-order chi connectivity index (χ0) is 24.9. The summed E-state index contributed by atoms with van der Waals surface area (Å²) in [4.78, 5) is 23.5. The quantitative estimate of drug-likeness (QED) is 0.204. The van der Waals surface area contributed by atoms with Gasteiger partial charge in [0.25, 0.3) is 5.69 Å². The fourth-order valence-corrected chi connectivity index (χ4v) is 4.36. The van der Waals surface area contributed by atoms with Gasteiger partial charge in [0.1, 0.15) is 5.75 Å². The number of nitro groups is 1. The number of hydrogen-bond acceptors (Lipinski definition) is 7. The molecule has 0 saturated heterocycles. The molecular weight excluding hydrogens is 466 g/mol. The van der Waals surface area contributed by atoms with Crippen molar-refractivity contribution in [3.63, 3.8) is 0 Å². The number of amides is 1. The topological polar surface area (TPSA) is 112 Å². The predicted octanol–water partition coefficient (Wildman–Crippen LogP) is 5.28. The van der Waals surface area contributed by atoms with Crippen LogP contribution in [0.1, 0.15) is 12.5 Å². The van der Waals surface area contributed by atoms with Gasteiger partial charge < -0.3 is 10.1 Å². The fourth-order valence-electron chi connectivity index (χ4n) is 3.50. The van der Waals surface area contributed by atoms with Crippen LogP contribution < -0.4 is 10.1 Å². The van der Waals surface area contributed by atoms with E-state index in [9.17, 15) is 14.9 Å². The summed E-state index contributed by atoms with van der Waals surface area (Å²) in [5, 5.41) is 22.6. The molecule has 1 amide bonds. The van der Waals surface area contributed by atoms with Crippen LogP contribution in [0.3, 0.4) is 0 Å². The number of hydrogen-bond donors (Lipinski definition) is 1. The molecular formula is C25H23N5O4S. The molecule has 35 heavy (non-hydrogen) atoms. The third-order valence-corrected chi connectivity index (χ3v) is 6.36. The second-order valence-electron chi connectivity index (χ2n) is 7.69. The lowest BCUT2D eigenvalue weighted by Gasteiger charge is -2.16. The molecule has 0 aliphatic heterocycles. The van der Waals surface area contributed by atoms with Gasteiger partial charge >= 0.3 is 0 Å². The smallest absolute Gasteiger partial charge is 0.269 e. The minimum atomic E-state index is -0.536. The molecule has 1 aromatic heterocycles. The van der Waals surface area contributed by atoms with Crippen LogP contribution in [-0.2, 0) is 4.79 Å². The van der Waals surface area contributed by atoms with Crippen molar-refractivity contribution in [3.8, 4) is 22.8 Å². The van der Waals surface area contributed by atoms with Crippen LogP contribution in [0.5, 0.6) is 5.75 Å². The van der Waals surface area contributed by atoms with Gasteiger partial charge in [-0.05, 0) is 37.6 Å². The molecule has 10 heteroatoms. The van der Waals surface area contributed by atoms with Crippen LogP contribution in [0.25, 0.3) is 17.1 Å². The number of rotatable bonds is 8. The average Bonchev–Trinajstić information content (AvgIpc) is 3.28. The second kappa shape index (κ2) is 10.4. The van der Waals surface area contributed by atoms with Gasteiger partial charge in [-0.1, -0.05) is 54.2 Å². The van der Waals surface area contributed by atoms with Crippen molar-refractivity contribution in [3.05, 3.63) is 88.5 Å². The Labute approximate surface area is 206 Å². The molecule has 0 aliphatic carbocycles. The zero-order valence-corrected chi connectivity index (χ0v) is 20.2. The fraction of sp³-hybridized carbons (Fsp3) is 0.160. The van der Waals surface area contributed by atoms with E-state index >= 15 is 0 Å². The molecule has 0 spiro atoms. The highest BCUT2D eigenvalue weighted by Gasteiger charge is 2.24. The van der Waals surface area contributed by atoms with E-state index < -0.39 is 10.2 Å². The van der Waals surface area contributed by atoms with Gasteiger partial charge in [0.15, 0.2) is 11.0 Å². The lowest BCUT2D eigenvalue weighted by molar-refractivity contribution is -0.384. The molecule has 1 unspecified atom stereocenters. The Hall–Kier alpha value is -4.18. The first-order chi connectivity index (χ1) is 16.9. The van der Waals surface area contributed by atoms with Gasteiger partial charge in [-0.15, -0.1) is 10.2 Å². The third-order valence-electron chi connectivity index (χ3n) is 5.32.